The van der Waals surface area contributed by atoms with Gasteiger partial charge in [0.15, 0.2) is 9.84 Å². The molecule has 10 heteroatoms. The van der Waals surface area contributed by atoms with E-state index in [9.17, 15) is 21.6 Å². The van der Waals surface area contributed by atoms with Crippen LogP contribution in [0.1, 0.15) is 43.0 Å². The van der Waals surface area contributed by atoms with Crippen LogP contribution >= 0.6 is 0 Å². The first-order chi connectivity index (χ1) is 15.0. The van der Waals surface area contributed by atoms with Crippen molar-refractivity contribution in [3.63, 3.8) is 0 Å². The van der Waals surface area contributed by atoms with Gasteiger partial charge in [0.2, 0.25) is 10.0 Å². The molecule has 0 bridgehead atoms. The van der Waals surface area contributed by atoms with E-state index >= 15 is 0 Å². The zero-order valence-corrected chi connectivity index (χ0v) is 19.9. The second-order valence-corrected chi connectivity index (χ2v) is 11.8. The maximum absolute atomic E-state index is 13.1. The van der Waals surface area contributed by atoms with E-state index in [2.05, 4.69) is 10.0 Å². The number of anilines is 1. The SMILES string of the molecule is COc1ccc(C(=O)Nc2ccc(S(C)(=O)=O)cc2)cc1S(=O)(=O)NC1CCCCC1C. The number of sulfone groups is 1. The monoisotopic (exact) mass is 480 g/mol. The molecule has 1 aliphatic rings. The van der Waals surface area contributed by atoms with Gasteiger partial charge < -0.3 is 10.1 Å². The van der Waals surface area contributed by atoms with Crippen LogP contribution in [0.5, 0.6) is 5.75 Å². The number of amides is 1. The molecule has 0 spiro atoms. The highest BCUT2D eigenvalue weighted by atomic mass is 32.2. The molecule has 8 nitrogen and oxygen atoms in total. The normalized spacial score (nSPS) is 19.3. The Balaban J connectivity index is 1.84. The van der Waals surface area contributed by atoms with Crippen LogP contribution < -0.4 is 14.8 Å². The molecule has 2 aromatic rings. The van der Waals surface area contributed by atoms with Gasteiger partial charge in [0.1, 0.15) is 10.6 Å². The number of carbonyl (C=O) groups excluding carboxylic acids is 1. The fourth-order valence-electron chi connectivity index (χ4n) is 3.77. The van der Waals surface area contributed by atoms with E-state index in [1.165, 1.54) is 49.6 Å². The molecule has 3 rings (SSSR count). The Hall–Kier alpha value is -2.43. The van der Waals surface area contributed by atoms with Crippen LogP contribution in [0.25, 0.3) is 0 Å². The number of methoxy groups -OCH3 is 1. The number of rotatable bonds is 7. The van der Waals surface area contributed by atoms with Crippen molar-refractivity contribution in [3.05, 3.63) is 48.0 Å². The van der Waals surface area contributed by atoms with Crippen molar-refractivity contribution in [2.75, 3.05) is 18.7 Å². The molecule has 0 aromatic heterocycles. The van der Waals surface area contributed by atoms with Gasteiger partial charge in [-0.25, -0.2) is 21.6 Å². The Morgan fingerprint density at radius 1 is 1.00 bits per heavy atom. The predicted molar refractivity (Wildman–Crippen MR) is 122 cm³/mol. The second kappa shape index (κ2) is 9.60. The van der Waals surface area contributed by atoms with Crippen LogP contribution in [0, 0.1) is 5.92 Å². The van der Waals surface area contributed by atoms with Crippen LogP contribution in [0.15, 0.2) is 52.3 Å². The Bertz CT molecular complexity index is 1190. The molecule has 1 amide bonds. The smallest absolute Gasteiger partial charge is 0.255 e. The highest BCUT2D eigenvalue weighted by molar-refractivity contribution is 7.90. The first-order valence-electron chi connectivity index (χ1n) is 10.3. The molecule has 1 fully saturated rings. The van der Waals surface area contributed by atoms with Crippen molar-refractivity contribution in [1.29, 1.82) is 0 Å². The largest absolute Gasteiger partial charge is 0.495 e. The van der Waals surface area contributed by atoms with Gasteiger partial charge >= 0.3 is 0 Å². The molecule has 0 saturated heterocycles. The van der Waals surface area contributed by atoms with Gasteiger partial charge in [0.05, 0.1) is 12.0 Å². The molecule has 174 valence electrons. The minimum absolute atomic E-state index is 0.0992. The van der Waals surface area contributed by atoms with Crippen LogP contribution in [0.4, 0.5) is 5.69 Å². The summed E-state index contributed by atoms with van der Waals surface area (Å²) in [6.45, 7) is 2.03. The van der Waals surface area contributed by atoms with E-state index in [0.29, 0.717) is 5.69 Å². The summed E-state index contributed by atoms with van der Waals surface area (Å²) in [5.74, 6) is -0.150. The maximum Gasteiger partial charge on any atom is 0.255 e. The van der Waals surface area contributed by atoms with Crippen molar-refractivity contribution in [1.82, 2.24) is 4.72 Å². The zero-order valence-electron chi connectivity index (χ0n) is 18.3. The summed E-state index contributed by atoms with van der Waals surface area (Å²) < 4.78 is 57.4. The van der Waals surface area contributed by atoms with Crippen molar-refractivity contribution in [2.45, 2.75) is 48.4 Å². The Morgan fingerprint density at radius 2 is 1.66 bits per heavy atom. The molecule has 0 radical (unpaired) electrons. The average Bonchev–Trinajstić information content (AvgIpc) is 2.74. The van der Waals surface area contributed by atoms with Gasteiger partial charge in [-0.2, -0.15) is 0 Å². The summed E-state index contributed by atoms with van der Waals surface area (Å²) in [6.07, 6.45) is 4.89. The molecule has 2 aromatic carbocycles. The van der Waals surface area contributed by atoms with Gasteiger partial charge in [0.25, 0.3) is 5.91 Å². The molecule has 0 aliphatic heterocycles. The topological polar surface area (TPSA) is 119 Å². The van der Waals surface area contributed by atoms with Gasteiger partial charge in [-0.1, -0.05) is 19.8 Å². The summed E-state index contributed by atoms with van der Waals surface area (Å²) in [5.41, 5.74) is 0.520. The second-order valence-electron chi connectivity index (χ2n) is 8.11. The minimum atomic E-state index is -3.91. The molecule has 0 heterocycles. The van der Waals surface area contributed by atoms with E-state index in [1.807, 2.05) is 6.92 Å². The standard InChI is InChI=1S/C22H28N2O6S2/c1-15-6-4-5-7-19(15)24-32(28,29)21-14-16(8-13-20(21)30-2)22(25)23-17-9-11-18(12-10-17)31(3,26)27/h8-15,19,24H,4-7H2,1-3H3,(H,23,25). The lowest BCUT2D eigenvalue weighted by Gasteiger charge is -2.29. The lowest BCUT2D eigenvalue weighted by Crippen LogP contribution is -2.41. The van der Waals surface area contributed by atoms with E-state index in [-0.39, 0.29) is 33.1 Å². The number of ether oxygens (including phenoxy) is 1. The summed E-state index contributed by atoms with van der Waals surface area (Å²) >= 11 is 0. The Kier molecular flexibility index (Phi) is 7.26. The van der Waals surface area contributed by atoms with E-state index in [1.54, 1.807) is 0 Å². The van der Waals surface area contributed by atoms with E-state index < -0.39 is 25.8 Å². The number of carbonyl (C=O) groups is 1. The predicted octanol–water partition coefficient (Wildman–Crippen LogP) is 3.21. The average molecular weight is 481 g/mol. The van der Waals surface area contributed by atoms with Crippen LogP contribution in [0.2, 0.25) is 0 Å². The van der Waals surface area contributed by atoms with Gasteiger partial charge in [-0.3, -0.25) is 4.79 Å². The Labute approximate surface area is 189 Å². The third kappa shape index (κ3) is 5.67. The van der Waals surface area contributed by atoms with Gasteiger partial charge in [-0.05, 0) is 61.2 Å². The van der Waals surface area contributed by atoms with Crippen molar-refractivity contribution in [3.8, 4) is 5.75 Å². The molecule has 32 heavy (non-hydrogen) atoms. The highest BCUT2D eigenvalue weighted by Gasteiger charge is 2.29. The zero-order chi connectivity index (χ0) is 23.5. The fraction of sp³-hybridized carbons (Fsp3) is 0.409. The summed E-state index contributed by atoms with van der Waals surface area (Å²) in [6, 6.07) is 9.78. The maximum atomic E-state index is 13.1. The minimum Gasteiger partial charge on any atom is -0.495 e. The van der Waals surface area contributed by atoms with Gasteiger partial charge in [-0.15, -0.1) is 0 Å². The first-order valence-corrected chi connectivity index (χ1v) is 13.7. The van der Waals surface area contributed by atoms with Crippen molar-refractivity contribution < 1.29 is 26.4 Å². The summed E-state index contributed by atoms with van der Waals surface area (Å²) in [5, 5.41) is 2.65. The molecule has 2 N–H and O–H groups in total. The summed E-state index contributed by atoms with van der Waals surface area (Å²) in [7, 11) is -5.88. The highest BCUT2D eigenvalue weighted by Crippen LogP contribution is 2.29. The van der Waals surface area contributed by atoms with Gasteiger partial charge in [0, 0.05) is 23.5 Å². The summed E-state index contributed by atoms with van der Waals surface area (Å²) in [4.78, 5) is 12.8. The number of hydrogen-bond donors (Lipinski definition) is 2. The number of benzene rings is 2. The molecule has 2 unspecified atom stereocenters. The lowest BCUT2D eigenvalue weighted by molar-refractivity contribution is 0.102. The molecule has 1 saturated carbocycles. The van der Waals surface area contributed by atoms with Crippen LogP contribution in [-0.4, -0.2) is 42.2 Å². The molecular weight excluding hydrogens is 452 g/mol. The third-order valence-corrected chi connectivity index (χ3v) is 8.31. The molecular formula is C22H28N2O6S2. The Morgan fingerprint density at radius 3 is 2.25 bits per heavy atom. The number of nitrogens with one attached hydrogen (secondary N) is 2. The van der Waals surface area contributed by atoms with Crippen molar-refractivity contribution >= 4 is 31.5 Å². The first kappa shape index (κ1) is 24.2. The quantitative estimate of drug-likeness (QED) is 0.628. The van der Waals surface area contributed by atoms with Crippen LogP contribution in [0.3, 0.4) is 0 Å². The van der Waals surface area contributed by atoms with E-state index in [0.717, 1.165) is 31.9 Å². The lowest BCUT2D eigenvalue weighted by atomic mass is 9.87. The number of hydrogen-bond acceptors (Lipinski definition) is 6. The molecule has 1 aliphatic carbocycles. The number of sulfonamides is 1. The third-order valence-electron chi connectivity index (χ3n) is 5.67. The van der Waals surface area contributed by atoms with E-state index in [4.69, 9.17) is 4.74 Å². The van der Waals surface area contributed by atoms with Crippen LogP contribution in [-0.2, 0) is 19.9 Å². The molecule has 2 atom stereocenters. The van der Waals surface area contributed by atoms with Crippen molar-refractivity contribution in [2.24, 2.45) is 5.92 Å². The fourth-order valence-corrected chi connectivity index (χ4v) is 5.98.